The van der Waals surface area contributed by atoms with Crippen LogP contribution in [0, 0.1) is 6.92 Å². The Kier molecular flexibility index (Phi) is 8.78. The van der Waals surface area contributed by atoms with Gasteiger partial charge in [0, 0.05) is 39.4 Å². The number of ether oxygens (including phenoxy) is 3. The highest BCUT2D eigenvalue weighted by Gasteiger charge is 2.31. The monoisotopic (exact) mass is 685 g/mol. The first-order valence-electron chi connectivity index (χ1n) is 14.7. The molecule has 45 heavy (non-hydrogen) atoms. The summed E-state index contributed by atoms with van der Waals surface area (Å²) in [5.41, 5.74) is 4.97. The lowest BCUT2D eigenvalue weighted by Crippen LogP contribution is -2.39. The van der Waals surface area contributed by atoms with Crippen molar-refractivity contribution in [2.24, 2.45) is 4.99 Å². The van der Waals surface area contributed by atoms with Crippen LogP contribution in [0.15, 0.2) is 92.8 Å². The van der Waals surface area contributed by atoms with Gasteiger partial charge in [0.05, 0.1) is 36.5 Å². The Morgan fingerprint density at radius 3 is 2.49 bits per heavy atom. The number of hydrogen-bond donors (Lipinski definition) is 0. The lowest BCUT2D eigenvalue weighted by molar-refractivity contribution is -0.136. The zero-order chi connectivity index (χ0) is 31.7. The highest BCUT2D eigenvalue weighted by atomic mass is 79.9. The number of fused-ring (bicyclic) bond motifs is 2. The summed E-state index contributed by atoms with van der Waals surface area (Å²) < 4.78 is 22.1. The molecule has 3 heterocycles. The number of nitrogens with zero attached hydrogens (tertiary/aromatic N) is 3. The van der Waals surface area contributed by atoms with Gasteiger partial charge in [0.25, 0.3) is 5.56 Å². The smallest absolute Gasteiger partial charge is 0.337 e. The molecule has 0 unspecified atom stereocenters. The number of carbonyl (C=O) groups is 1. The van der Waals surface area contributed by atoms with Gasteiger partial charge in [-0.2, -0.15) is 0 Å². The van der Waals surface area contributed by atoms with Gasteiger partial charge in [-0.1, -0.05) is 63.7 Å². The number of thiazole rings is 1. The van der Waals surface area contributed by atoms with Crippen molar-refractivity contribution in [2.45, 2.75) is 33.4 Å². The minimum absolute atomic E-state index is 0.241. The first-order valence-corrected chi connectivity index (χ1v) is 16.3. The molecule has 3 aromatic carbocycles. The van der Waals surface area contributed by atoms with Crippen molar-refractivity contribution in [1.82, 2.24) is 9.13 Å². The molecule has 0 spiro atoms. The Bertz CT molecular complexity index is 2130. The van der Waals surface area contributed by atoms with E-state index in [1.54, 1.807) is 10.6 Å². The van der Waals surface area contributed by atoms with E-state index in [4.69, 9.17) is 14.2 Å². The molecule has 0 saturated heterocycles. The predicted octanol–water partition coefficient (Wildman–Crippen LogP) is 5.89. The van der Waals surface area contributed by atoms with Gasteiger partial charge in [0.1, 0.15) is 0 Å². The fourth-order valence-corrected chi connectivity index (χ4v) is 6.95. The van der Waals surface area contributed by atoms with Gasteiger partial charge in [-0.15, -0.1) is 0 Å². The summed E-state index contributed by atoms with van der Waals surface area (Å²) in [6.45, 7) is 7.47. The number of esters is 1. The van der Waals surface area contributed by atoms with Crippen LogP contribution < -0.4 is 24.4 Å². The van der Waals surface area contributed by atoms with E-state index in [1.807, 2.05) is 56.3 Å². The molecule has 0 saturated carbocycles. The van der Waals surface area contributed by atoms with Crippen molar-refractivity contribution in [3.63, 3.8) is 0 Å². The molecule has 6 rings (SSSR count). The summed E-state index contributed by atoms with van der Waals surface area (Å²) in [7, 11) is 1.32. The highest BCUT2D eigenvalue weighted by Crippen LogP contribution is 2.35. The summed E-state index contributed by atoms with van der Waals surface area (Å²) in [4.78, 5) is 32.3. The highest BCUT2D eigenvalue weighted by molar-refractivity contribution is 9.10. The molecule has 0 fully saturated rings. The molecule has 10 heteroatoms. The largest absolute Gasteiger partial charge is 0.490 e. The quantitative estimate of drug-likeness (QED) is 0.181. The van der Waals surface area contributed by atoms with E-state index in [2.05, 4.69) is 56.7 Å². The van der Waals surface area contributed by atoms with Gasteiger partial charge in [-0.05, 0) is 68.3 Å². The van der Waals surface area contributed by atoms with Gasteiger partial charge in [-0.25, -0.2) is 9.79 Å². The van der Waals surface area contributed by atoms with E-state index in [9.17, 15) is 9.59 Å². The van der Waals surface area contributed by atoms with Crippen molar-refractivity contribution >= 4 is 50.2 Å². The van der Waals surface area contributed by atoms with Crippen molar-refractivity contribution < 1.29 is 19.0 Å². The zero-order valence-electron chi connectivity index (χ0n) is 25.4. The van der Waals surface area contributed by atoms with Crippen LogP contribution in [0.5, 0.6) is 11.5 Å². The maximum Gasteiger partial charge on any atom is 0.337 e. The third-order valence-electron chi connectivity index (χ3n) is 7.82. The number of benzene rings is 3. The Hall–Kier alpha value is -4.41. The maximum atomic E-state index is 14.3. The number of carbonyl (C=O) groups excluding carboxylic acids is 1. The molecular formula is C35H32BrN3O5S. The lowest BCUT2D eigenvalue weighted by Gasteiger charge is -2.23. The van der Waals surface area contributed by atoms with E-state index in [0.29, 0.717) is 46.2 Å². The first kappa shape index (κ1) is 30.6. The number of hydrogen-bond acceptors (Lipinski definition) is 7. The van der Waals surface area contributed by atoms with Crippen LogP contribution in [0.25, 0.3) is 17.0 Å². The molecule has 0 amide bonds. The summed E-state index contributed by atoms with van der Waals surface area (Å²) in [5, 5.41) is 1.05. The summed E-state index contributed by atoms with van der Waals surface area (Å²) in [5.74, 6) is 0.570. The van der Waals surface area contributed by atoms with Gasteiger partial charge < -0.3 is 18.8 Å². The van der Waals surface area contributed by atoms with Crippen LogP contribution in [-0.2, 0) is 16.1 Å². The Balaban J connectivity index is 1.51. The normalized spacial score (nSPS) is 14.6. The number of para-hydroxylation sites is 1. The number of methoxy groups -OCH3 is 1. The van der Waals surface area contributed by atoms with Crippen LogP contribution in [0.1, 0.15) is 42.3 Å². The molecule has 8 nitrogen and oxygen atoms in total. The fourth-order valence-electron chi connectivity index (χ4n) is 5.73. The van der Waals surface area contributed by atoms with E-state index in [1.165, 1.54) is 30.2 Å². The molecule has 0 radical (unpaired) electrons. The lowest BCUT2D eigenvalue weighted by atomic mass is 9.97. The van der Waals surface area contributed by atoms with Crippen molar-refractivity contribution in [3.8, 4) is 11.5 Å². The van der Waals surface area contributed by atoms with E-state index >= 15 is 0 Å². The topological polar surface area (TPSA) is 84.0 Å². The molecule has 1 atom stereocenters. The van der Waals surface area contributed by atoms with Crippen molar-refractivity contribution in [3.05, 3.63) is 125 Å². The second-order valence-electron chi connectivity index (χ2n) is 10.5. The second-order valence-corrected chi connectivity index (χ2v) is 12.4. The fraction of sp³-hybridized carbons (Fsp3) is 0.229. The van der Waals surface area contributed by atoms with Gasteiger partial charge in [0.2, 0.25) is 0 Å². The third kappa shape index (κ3) is 5.76. The number of halogens is 1. The first-order chi connectivity index (χ1) is 21.8. The summed E-state index contributed by atoms with van der Waals surface area (Å²) >= 11 is 4.82. The van der Waals surface area contributed by atoms with Crippen LogP contribution >= 0.6 is 27.3 Å². The molecule has 230 valence electrons. The molecule has 1 aliphatic heterocycles. The van der Waals surface area contributed by atoms with Crippen molar-refractivity contribution in [2.75, 3.05) is 20.3 Å². The SMILES string of the molecule is CCOc1ccc([C@@H]2C(C(=O)OC)=CN=c3s/c(=C\c4c(C)n(Cc5ccc(Br)cc5)c5ccccc45)c(=O)n32)cc1OCC. The van der Waals surface area contributed by atoms with E-state index in [0.717, 1.165) is 26.6 Å². The van der Waals surface area contributed by atoms with Crippen LogP contribution in [0.3, 0.4) is 0 Å². The zero-order valence-corrected chi connectivity index (χ0v) is 27.8. The average Bonchev–Trinajstić information content (AvgIpc) is 3.51. The molecule has 5 aromatic rings. The summed E-state index contributed by atoms with van der Waals surface area (Å²) in [6, 6.07) is 21.2. The summed E-state index contributed by atoms with van der Waals surface area (Å²) in [6.07, 6.45) is 3.44. The molecular weight excluding hydrogens is 654 g/mol. The van der Waals surface area contributed by atoms with Crippen LogP contribution in [-0.4, -0.2) is 35.4 Å². The van der Waals surface area contributed by atoms with Gasteiger partial charge in [0.15, 0.2) is 16.3 Å². The molecule has 0 bridgehead atoms. The third-order valence-corrected chi connectivity index (χ3v) is 9.34. The molecule has 2 aromatic heterocycles. The second kappa shape index (κ2) is 12.9. The molecule has 0 N–H and O–H groups in total. The van der Waals surface area contributed by atoms with Gasteiger partial charge in [-0.3, -0.25) is 9.36 Å². The minimum Gasteiger partial charge on any atom is -0.490 e. The predicted molar refractivity (Wildman–Crippen MR) is 180 cm³/mol. The van der Waals surface area contributed by atoms with E-state index < -0.39 is 12.0 Å². The Morgan fingerprint density at radius 1 is 1.02 bits per heavy atom. The molecule has 1 aliphatic rings. The van der Waals surface area contributed by atoms with Crippen molar-refractivity contribution in [1.29, 1.82) is 0 Å². The number of rotatable bonds is 9. The van der Waals surface area contributed by atoms with Crippen LogP contribution in [0.4, 0.5) is 0 Å². The maximum absolute atomic E-state index is 14.3. The number of aromatic nitrogens is 2. The standard InChI is InChI=1S/C35H32BrN3O5S/c1-5-43-29-16-13-23(17-30(29)44-6-2)32-27(34(41)42-4)19-37-35-39(32)33(40)31(45-35)18-26-21(3)38(28-10-8-7-9-25(26)28)20-22-11-14-24(36)15-12-22/h7-19,32H,5-6,20H2,1-4H3/b31-18-/t32-/m1/s1. The van der Waals surface area contributed by atoms with E-state index in [-0.39, 0.29) is 11.1 Å². The van der Waals surface area contributed by atoms with Crippen LogP contribution in [0.2, 0.25) is 0 Å². The van der Waals surface area contributed by atoms with Gasteiger partial charge >= 0.3 is 5.97 Å². The minimum atomic E-state index is -0.759. The Morgan fingerprint density at radius 2 is 1.76 bits per heavy atom. The Labute approximate surface area is 272 Å². The average molecular weight is 687 g/mol. The molecule has 0 aliphatic carbocycles.